The van der Waals surface area contributed by atoms with Crippen molar-refractivity contribution in [3.8, 4) is 11.3 Å². The number of fused-ring (bicyclic) bond motifs is 1. The number of hydrogen-bond acceptors (Lipinski definition) is 2. The molecule has 1 N–H and O–H groups in total. The van der Waals surface area contributed by atoms with Crippen molar-refractivity contribution in [3.05, 3.63) is 54.2 Å². The van der Waals surface area contributed by atoms with Crippen molar-refractivity contribution in [2.75, 3.05) is 5.32 Å². The number of anilines is 1. The molecule has 0 atom stereocenters. The largest absolute Gasteiger partial charge is 0.310 e. The van der Waals surface area contributed by atoms with Crippen molar-refractivity contribution < 1.29 is 4.79 Å². The minimum atomic E-state index is 0.0317. The Hall–Kier alpha value is -2.62. The van der Waals surface area contributed by atoms with Gasteiger partial charge in [-0.3, -0.25) is 9.20 Å². The zero-order valence-corrected chi connectivity index (χ0v) is 14.4. The van der Waals surface area contributed by atoms with Crippen LogP contribution in [-0.4, -0.2) is 15.3 Å². The van der Waals surface area contributed by atoms with Crippen LogP contribution in [0.15, 0.2) is 48.7 Å². The maximum atomic E-state index is 12.4. The maximum absolute atomic E-state index is 12.4. The summed E-state index contributed by atoms with van der Waals surface area (Å²) in [6.07, 6.45) is 3.34. The molecule has 0 saturated carbocycles. The number of benzene rings is 1. The molecule has 3 rings (SSSR count). The number of aromatic nitrogens is 2. The van der Waals surface area contributed by atoms with Crippen molar-refractivity contribution in [1.29, 1.82) is 0 Å². The summed E-state index contributed by atoms with van der Waals surface area (Å²) in [7, 11) is 0. The molecular weight excluding hydrogens is 298 g/mol. The van der Waals surface area contributed by atoms with Gasteiger partial charge in [0.1, 0.15) is 17.2 Å². The minimum Gasteiger partial charge on any atom is -0.310 e. The third kappa shape index (κ3) is 3.32. The van der Waals surface area contributed by atoms with E-state index in [9.17, 15) is 4.79 Å². The summed E-state index contributed by atoms with van der Waals surface area (Å²) < 4.78 is 1.96. The Bertz CT molecular complexity index is 850. The van der Waals surface area contributed by atoms with Gasteiger partial charge in [-0.15, -0.1) is 0 Å². The lowest BCUT2D eigenvalue weighted by Gasteiger charge is -2.09. The number of nitrogens with zero attached hydrogens (tertiary/aromatic N) is 2. The van der Waals surface area contributed by atoms with Crippen molar-refractivity contribution >= 4 is 17.4 Å². The molecule has 0 unspecified atom stereocenters. The van der Waals surface area contributed by atoms with Crippen LogP contribution in [0, 0.1) is 12.8 Å². The highest BCUT2D eigenvalue weighted by Gasteiger charge is 2.17. The molecule has 0 saturated heterocycles. The molecule has 0 aliphatic heterocycles. The molecule has 0 spiro atoms. The first-order chi connectivity index (χ1) is 11.6. The van der Waals surface area contributed by atoms with Gasteiger partial charge in [-0.1, -0.05) is 50.2 Å². The van der Waals surface area contributed by atoms with Gasteiger partial charge in [-0.05, 0) is 30.9 Å². The van der Waals surface area contributed by atoms with E-state index < -0.39 is 0 Å². The molecule has 4 heteroatoms. The first kappa shape index (κ1) is 16.2. The average molecular weight is 321 g/mol. The van der Waals surface area contributed by atoms with E-state index in [-0.39, 0.29) is 5.91 Å². The van der Waals surface area contributed by atoms with E-state index in [0.29, 0.717) is 12.3 Å². The molecule has 24 heavy (non-hydrogen) atoms. The van der Waals surface area contributed by atoms with Gasteiger partial charge in [-0.2, -0.15) is 0 Å². The van der Waals surface area contributed by atoms with E-state index in [0.717, 1.165) is 34.7 Å². The predicted molar refractivity (Wildman–Crippen MR) is 98.1 cm³/mol. The van der Waals surface area contributed by atoms with Crippen LogP contribution in [0.5, 0.6) is 0 Å². The van der Waals surface area contributed by atoms with Crippen LogP contribution >= 0.6 is 0 Å². The summed E-state index contributed by atoms with van der Waals surface area (Å²) in [5.41, 5.74) is 3.76. The third-order valence-electron chi connectivity index (χ3n) is 4.10. The first-order valence-corrected chi connectivity index (χ1v) is 8.39. The topological polar surface area (TPSA) is 46.4 Å². The highest BCUT2D eigenvalue weighted by atomic mass is 16.1. The molecule has 124 valence electrons. The van der Waals surface area contributed by atoms with Crippen LogP contribution in [0.1, 0.15) is 32.3 Å². The third-order valence-corrected chi connectivity index (χ3v) is 4.10. The van der Waals surface area contributed by atoms with Gasteiger partial charge >= 0.3 is 0 Å². The summed E-state index contributed by atoms with van der Waals surface area (Å²) in [4.78, 5) is 17.2. The number of amides is 1. The van der Waals surface area contributed by atoms with E-state index in [2.05, 4.69) is 19.2 Å². The molecule has 0 bridgehead atoms. The lowest BCUT2D eigenvalue weighted by atomic mass is 10.1. The molecule has 0 aliphatic carbocycles. The van der Waals surface area contributed by atoms with Crippen molar-refractivity contribution in [3.63, 3.8) is 0 Å². The molecular formula is C20H23N3O. The highest BCUT2D eigenvalue weighted by molar-refractivity contribution is 5.94. The maximum Gasteiger partial charge on any atom is 0.225 e. The number of imidazole rings is 1. The van der Waals surface area contributed by atoms with Crippen molar-refractivity contribution in [2.24, 2.45) is 5.92 Å². The van der Waals surface area contributed by atoms with Crippen molar-refractivity contribution in [1.82, 2.24) is 9.38 Å². The van der Waals surface area contributed by atoms with E-state index in [4.69, 9.17) is 4.98 Å². The number of rotatable bonds is 5. The Morgan fingerprint density at radius 3 is 2.62 bits per heavy atom. The lowest BCUT2D eigenvalue weighted by molar-refractivity contribution is -0.116. The predicted octanol–water partition coefficient (Wildman–Crippen LogP) is 4.68. The van der Waals surface area contributed by atoms with Gasteiger partial charge in [0.05, 0.1) is 0 Å². The number of carbonyl (C=O) groups is 1. The number of carbonyl (C=O) groups excluding carboxylic acids is 1. The van der Waals surface area contributed by atoms with Gasteiger partial charge in [0.2, 0.25) is 5.91 Å². The highest BCUT2D eigenvalue weighted by Crippen LogP contribution is 2.29. The molecule has 4 nitrogen and oxygen atoms in total. The van der Waals surface area contributed by atoms with Crippen LogP contribution < -0.4 is 5.32 Å². The standard InChI is InChI=1S/C20H23N3O/c1-14(2)11-12-17(24)21-20-18(16-9-5-4-6-10-16)22-19-15(3)8-7-13-23(19)20/h4-10,13-14H,11-12H2,1-3H3,(H,21,24). The molecule has 0 fully saturated rings. The fourth-order valence-corrected chi connectivity index (χ4v) is 2.74. The second-order valence-electron chi connectivity index (χ2n) is 6.54. The fraction of sp³-hybridized carbons (Fsp3) is 0.300. The van der Waals surface area contributed by atoms with Gasteiger partial charge in [0.15, 0.2) is 0 Å². The molecule has 0 aliphatic rings. The van der Waals surface area contributed by atoms with Gasteiger partial charge in [0.25, 0.3) is 0 Å². The van der Waals surface area contributed by atoms with Crippen LogP contribution in [0.2, 0.25) is 0 Å². The molecule has 0 radical (unpaired) electrons. The zero-order chi connectivity index (χ0) is 17.1. The summed E-state index contributed by atoms with van der Waals surface area (Å²) in [5.74, 6) is 1.28. The molecule has 1 amide bonds. The molecule has 2 heterocycles. The van der Waals surface area contributed by atoms with Crippen LogP contribution in [0.25, 0.3) is 16.9 Å². The average Bonchev–Trinajstić information content (AvgIpc) is 2.94. The Balaban J connectivity index is 2.04. The fourth-order valence-electron chi connectivity index (χ4n) is 2.74. The smallest absolute Gasteiger partial charge is 0.225 e. The quantitative estimate of drug-likeness (QED) is 0.741. The number of hydrogen-bond donors (Lipinski definition) is 1. The number of nitrogens with one attached hydrogen (secondary N) is 1. The Kier molecular flexibility index (Phi) is 4.65. The minimum absolute atomic E-state index is 0.0317. The number of pyridine rings is 1. The summed E-state index contributed by atoms with van der Waals surface area (Å²) in [6.45, 7) is 6.28. The van der Waals surface area contributed by atoms with Crippen molar-refractivity contribution in [2.45, 2.75) is 33.6 Å². The van der Waals surface area contributed by atoms with E-state index in [1.54, 1.807) is 0 Å². The molecule has 1 aromatic carbocycles. The second kappa shape index (κ2) is 6.87. The summed E-state index contributed by atoms with van der Waals surface area (Å²) in [6, 6.07) is 14.0. The SMILES string of the molecule is Cc1cccn2c(NC(=O)CCC(C)C)c(-c3ccccc3)nc12. The summed E-state index contributed by atoms with van der Waals surface area (Å²) >= 11 is 0. The monoisotopic (exact) mass is 321 g/mol. The molecule has 3 aromatic rings. The van der Waals surface area contributed by atoms with Gasteiger partial charge in [0, 0.05) is 18.2 Å². The molecule has 2 aromatic heterocycles. The van der Waals surface area contributed by atoms with Gasteiger partial charge < -0.3 is 5.32 Å². The van der Waals surface area contributed by atoms with Gasteiger partial charge in [-0.25, -0.2) is 4.98 Å². The first-order valence-electron chi connectivity index (χ1n) is 8.39. The van der Waals surface area contributed by atoms with Crippen LogP contribution in [0.4, 0.5) is 5.82 Å². The number of aryl methyl sites for hydroxylation is 1. The second-order valence-corrected chi connectivity index (χ2v) is 6.54. The zero-order valence-electron chi connectivity index (χ0n) is 14.4. The van der Waals surface area contributed by atoms with Crippen LogP contribution in [0.3, 0.4) is 0 Å². The Morgan fingerprint density at radius 2 is 1.92 bits per heavy atom. The van der Waals surface area contributed by atoms with E-state index in [1.807, 2.05) is 60.0 Å². The lowest BCUT2D eigenvalue weighted by Crippen LogP contribution is -2.14. The Morgan fingerprint density at radius 1 is 1.17 bits per heavy atom. The Labute approximate surface area is 142 Å². The normalized spacial score (nSPS) is 11.2. The van der Waals surface area contributed by atoms with Crippen LogP contribution in [-0.2, 0) is 4.79 Å². The van der Waals surface area contributed by atoms with E-state index in [1.165, 1.54) is 0 Å². The summed E-state index contributed by atoms with van der Waals surface area (Å²) in [5, 5.41) is 3.08. The van der Waals surface area contributed by atoms with E-state index >= 15 is 0 Å².